The van der Waals surface area contributed by atoms with Crippen molar-refractivity contribution in [3.05, 3.63) is 29.8 Å². The van der Waals surface area contributed by atoms with Gasteiger partial charge in [0.2, 0.25) is 0 Å². The number of hydrazine groups is 1. The van der Waals surface area contributed by atoms with Gasteiger partial charge in [0.25, 0.3) is 0 Å². The van der Waals surface area contributed by atoms with Crippen molar-refractivity contribution in [2.75, 3.05) is 38.1 Å². The van der Waals surface area contributed by atoms with Gasteiger partial charge in [0.05, 0.1) is 0 Å². The summed E-state index contributed by atoms with van der Waals surface area (Å²) in [5, 5.41) is 2.24. The molecule has 1 heterocycles. The average Bonchev–Trinajstić information content (AvgIpc) is 2.60. The lowest BCUT2D eigenvalue weighted by Gasteiger charge is -2.35. The summed E-state index contributed by atoms with van der Waals surface area (Å²) in [5.74, 6) is 5.98. The fraction of sp³-hybridized carbons (Fsp3) is 0.556. The van der Waals surface area contributed by atoms with Crippen LogP contribution in [0.3, 0.4) is 0 Å². The predicted molar refractivity (Wildman–Crippen MR) is 94.5 cm³/mol. The Bertz CT molecular complexity index is 406. The van der Waals surface area contributed by atoms with Gasteiger partial charge in [-0.2, -0.15) is 0 Å². The third-order valence-electron chi connectivity index (χ3n) is 3.10. The third-order valence-corrected chi connectivity index (χ3v) is 3.10. The Morgan fingerprint density at radius 2 is 1.43 bits per heavy atom. The van der Waals surface area contributed by atoms with Gasteiger partial charge in [-0.1, -0.05) is 33.6 Å². The van der Waals surface area contributed by atoms with Crippen LogP contribution in [0.4, 0.5) is 5.69 Å². The summed E-state index contributed by atoms with van der Waals surface area (Å²) in [5.41, 5.74) is 5.57. The lowest BCUT2D eigenvalue weighted by atomic mass is 10.2. The molecule has 0 aliphatic carbocycles. The van der Waals surface area contributed by atoms with Crippen LogP contribution in [0, 0.1) is 11.8 Å². The average molecular weight is 289 g/mol. The maximum atomic E-state index is 3.19. The molecule has 1 aliphatic heterocycles. The zero-order valence-corrected chi connectivity index (χ0v) is 14.5. The quantitative estimate of drug-likeness (QED) is 0.842. The van der Waals surface area contributed by atoms with Gasteiger partial charge in [-0.05, 0) is 38.2 Å². The number of benzene rings is 1. The molecule has 1 saturated heterocycles. The molecule has 1 N–H and O–H groups in total. The van der Waals surface area contributed by atoms with Gasteiger partial charge in [-0.25, -0.2) is 5.01 Å². The fourth-order valence-corrected chi connectivity index (χ4v) is 2.09. The van der Waals surface area contributed by atoms with E-state index in [9.17, 15) is 0 Å². The second kappa shape index (κ2) is 12.3. The zero-order valence-electron chi connectivity index (χ0n) is 14.5. The minimum atomic E-state index is 1.06. The van der Waals surface area contributed by atoms with E-state index in [0.29, 0.717) is 0 Å². The van der Waals surface area contributed by atoms with Gasteiger partial charge in [-0.15, -0.1) is 5.92 Å². The topological polar surface area (TPSA) is 18.5 Å². The summed E-state index contributed by atoms with van der Waals surface area (Å²) in [6.45, 7) is 14.1. The molecular weight excluding hydrogens is 258 g/mol. The number of hydrogen-bond acceptors (Lipinski definition) is 3. The molecule has 1 aromatic rings. The van der Waals surface area contributed by atoms with Gasteiger partial charge in [0, 0.05) is 37.4 Å². The smallest absolute Gasteiger partial charge is 0.0367 e. The van der Waals surface area contributed by atoms with E-state index in [1.54, 1.807) is 0 Å². The second-order valence-electron chi connectivity index (χ2n) is 4.12. The maximum Gasteiger partial charge on any atom is 0.0367 e. The predicted octanol–water partition coefficient (Wildman–Crippen LogP) is 3.37. The second-order valence-corrected chi connectivity index (χ2v) is 4.12. The highest BCUT2D eigenvalue weighted by molar-refractivity contribution is 5.50. The van der Waals surface area contributed by atoms with Crippen LogP contribution in [0.1, 0.15) is 40.2 Å². The minimum absolute atomic E-state index is 1.06. The summed E-state index contributed by atoms with van der Waals surface area (Å²) < 4.78 is 0. The van der Waals surface area contributed by atoms with Gasteiger partial charge in [0.15, 0.2) is 0 Å². The Kier molecular flexibility index (Phi) is 11.4. The van der Waals surface area contributed by atoms with Crippen LogP contribution in [0.25, 0.3) is 0 Å². The highest BCUT2D eigenvalue weighted by Gasteiger charge is 2.15. The van der Waals surface area contributed by atoms with Crippen LogP contribution in [-0.2, 0) is 0 Å². The fourth-order valence-electron chi connectivity index (χ4n) is 2.09. The monoisotopic (exact) mass is 289 g/mol. The number of anilines is 1. The molecule has 0 aromatic heterocycles. The molecule has 21 heavy (non-hydrogen) atoms. The Morgan fingerprint density at radius 3 is 1.86 bits per heavy atom. The number of rotatable bonds is 2. The maximum absolute atomic E-state index is 3.19. The number of piperazine rings is 1. The summed E-state index contributed by atoms with van der Waals surface area (Å²) in [7, 11) is 1.98. The Morgan fingerprint density at radius 1 is 0.905 bits per heavy atom. The van der Waals surface area contributed by atoms with E-state index in [1.807, 2.05) is 41.7 Å². The minimum Gasteiger partial charge on any atom is -0.369 e. The zero-order chi connectivity index (χ0) is 16.1. The molecule has 0 bridgehead atoms. The van der Waals surface area contributed by atoms with E-state index >= 15 is 0 Å². The first kappa shape index (κ1) is 19.5. The summed E-state index contributed by atoms with van der Waals surface area (Å²) in [4.78, 5) is 2.41. The van der Waals surface area contributed by atoms with Crippen molar-refractivity contribution in [1.29, 1.82) is 0 Å². The molecule has 1 fully saturated rings. The van der Waals surface area contributed by atoms with Gasteiger partial charge in [-0.3, -0.25) is 5.43 Å². The van der Waals surface area contributed by atoms with Crippen molar-refractivity contribution in [3.8, 4) is 11.8 Å². The highest BCUT2D eigenvalue weighted by atomic mass is 15.5. The van der Waals surface area contributed by atoms with E-state index < -0.39 is 0 Å². The van der Waals surface area contributed by atoms with E-state index in [4.69, 9.17) is 0 Å². The molecule has 3 nitrogen and oxygen atoms in total. The first-order valence-electron chi connectivity index (χ1n) is 8.03. The normalized spacial score (nSPS) is 13.9. The number of nitrogens with zero attached hydrogens (tertiary/aromatic N) is 2. The van der Waals surface area contributed by atoms with Crippen molar-refractivity contribution in [3.63, 3.8) is 0 Å². The van der Waals surface area contributed by atoms with E-state index in [1.165, 1.54) is 5.69 Å². The van der Waals surface area contributed by atoms with Gasteiger partial charge in [0.1, 0.15) is 0 Å². The lowest BCUT2D eigenvalue weighted by molar-refractivity contribution is 0.195. The Balaban J connectivity index is 0.000000921. The molecule has 0 unspecified atom stereocenters. The Labute approximate surface area is 131 Å². The van der Waals surface area contributed by atoms with E-state index in [2.05, 4.69) is 51.4 Å². The number of hydrogen-bond donors (Lipinski definition) is 1. The molecule has 0 spiro atoms. The van der Waals surface area contributed by atoms with Crippen molar-refractivity contribution in [2.45, 2.75) is 34.6 Å². The molecule has 3 heteroatoms. The van der Waals surface area contributed by atoms with Crippen molar-refractivity contribution >= 4 is 5.69 Å². The standard InChI is InChI=1S/C14H19N3.2C2H6/c1-3-4-13-5-7-14(8-6-13)16-9-11-17(15-2)12-10-16;2*1-2/h5-8,15H,9-12H2,1-2H3;2*1-2H3. The summed E-state index contributed by atoms with van der Waals surface area (Å²) >= 11 is 0. The van der Waals surface area contributed by atoms with E-state index in [-0.39, 0.29) is 0 Å². The van der Waals surface area contributed by atoms with Crippen LogP contribution in [-0.4, -0.2) is 38.2 Å². The molecular formula is C18H31N3. The van der Waals surface area contributed by atoms with Crippen LogP contribution in [0.5, 0.6) is 0 Å². The molecule has 0 saturated carbocycles. The van der Waals surface area contributed by atoms with Crippen molar-refractivity contribution < 1.29 is 0 Å². The molecule has 1 aliphatic rings. The first-order valence-corrected chi connectivity index (χ1v) is 8.03. The van der Waals surface area contributed by atoms with Gasteiger partial charge >= 0.3 is 0 Å². The van der Waals surface area contributed by atoms with Crippen LogP contribution >= 0.6 is 0 Å². The van der Waals surface area contributed by atoms with Crippen LogP contribution in [0.15, 0.2) is 24.3 Å². The van der Waals surface area contributed by atoms with Crippen molar-refractivity contribution in [1.82, 2.24) is 10.4 Å². The Hall–Kier alpha value is -1.50. The molecule has 1 aromatic carbocycles. The molecule has 118 valence electrons. The molecule has 2 rings (SSSR count). The molecule has 0 radical (unpaired) electrons. The lowest BCUT2D eigenvalue weighted by Crippen LogP contribution is -2.50. The van der Waals surface area contributed by atoms with Gasteiger partial charge < -0.3 is 4.90 Å². The third kappa shape index (κ3) is 6.66. The summed E-state index contributed by atoms with van der Waals surface area (Å²) in [6.07, 6.45) is 0. The number of nitrogens with one attached hydrogen (secondary N) is 1. The molecule has 0 amide bonds. The van der Waals surface area contributed by atoms with Crippen LogP contribution in [0.2, 0.25) is 0 Å². The first-order chi connectivity index (χ1) is 10.3. The van der Waals surface area contributed by atoms with Crippen LogP contribution < -0.4 is 10.3 Å². The SMILES string of the molecule is CC.CC.CC#Cc1ccc(N2CCN(NC)CC2)cc1. The highest BCUT2D eigenvalue weighted by Crippen LogP contribution is 2.16. The molecule has 0 atom stereocenters. The summed E-state index contributed by atoms with van der Waals surface area (Å²) in [6, 6.07) is 8.51. The van der Waals surface area contributed by atoms with Crippen molar-refractivity contribution in [2.24, 2.45) is 0 Å². The van der Waals surface area contributed by atoms with E-state index in [0.717, 1.165) is 31.7 Å². The largest absolute Gasteiger partial charge is 0.369 e.